The van der Waals surface area contributed by atoms with E-state index in [1.165, 1.54) is 0 Å². The lowest BCUT2D eigenvalue weighted by Crippen LogP contribution is -1.94. The molecule has 0 atom stereocenters. The highest BCUT2D eigenvalue weighted by atomic mass is 35.5. The Morgan fingerprint density at radius 2 is 2.00 bits per heavy atom. The molecule has 3 aromatic heterocycles. The number of halogens is 1. The van der Waals surface area contributed by atoms with Crippen LogP contribution in [0.4, 0.5) is 5.95 Å². The lowest BCUT2D eigenvalue weighted by Gasteiger charge is -2.00. The van der Waals surface area contributed by atoms with Gasteiger partial charge in [0, 0.05) is 36.6 Å². The first-order valence-electron chi connectivity index (χ1n) is 5.35. The second kappa shape index (κ2) is 3.96. The van der Waals surface area contributed by atoms with Crippen LogP contribution in [0.3, 0.4) is 0 Å². The standard InChI is InChI=1S/C12H10ClN5/c1-18-6-7(9-3-5-16-12(14)17-9)10-8(13)2-4-15-11(10)18/h2-6H,1H3,(H2,14,16,17). The number of anilines is 1. The van der Waals surface area contributed by atoms with Crippen molar-refractivity contribution in [3.05, 3.63) is 35.7 Å². The van der Waals surface area contributed by atoms with E-state index in [4.69, 9.17) is 17.3 Å². The van der Waals surface area contributed by atoms with E-state index in [9.17, 15) is 0 Å². The molecule has 0 aliphatic rings. The molecule has 0 unspecified atom stereocenters. The van der Waals surface area contributed by atoms with Gasteiger partial charge in [-0.3, -0.25) is 0 Å². The predicted molar refractivity (Wildman–Crippen MR) is 71.2 cm³/mol. The summed E-state index contributed by atoms with van der Waals surface area (Å²) in [6, 6.07) is 3.56. The normalized spacial score (nSPS) is 11.0. The molecule has 0 fully saturated rings. The minimum Gasteiger partial charge on any atom is -0.368 e. The van der Waals surface area contributed by atoms with Crippen molar-refractivity contribution in [1.82, 2.24) is 19.5 Å². The molecule has 5 nitrogen and oxygen atoms in total. The molecule has 0 aromatic carbocycles. The Bertz CT molecular complexity index is 734. The van der Waals surface area contributed by atoms with E-state index in [1.807, 2.05) is 17.8 Å². The Hall–Kier alpha value is -2.14. The summed E-state index contributed by atoms with van der Waals surface area (Å²) >= 11 is 6.24. The van der Waals surface area contributed by atoms with Gasteiger partial charge in [0.1, 0.15) is 5.65 Å². The van der Waals surface area contributed by atoms with Crippen molar-refractivity contribution in [1.29, 1.82) is 0 Å². The number of nitrogens with two attached hydrogens (primary N) is 1. The maximum absolute atomic E-state index is 6.24. The van der Waals surface area contributed by atoms with Crippen LogP contribution in [0.15, 0.2) is 30.7 Å². The summed E-state index contributed by atoms with van der Waals surface area (Å²) in [5, 5.41) is 1.52. The number of aromatic nitrogens is 4. The molecule has 0 radical (unpaired) electrons. The second-order valence-electron chi connectivity index (χ2n) is 3.95. The Morgan fingerprint density at radius 1 is 1.22 bits per heavy atom. The molecule has 0 amide bonds. The fraction of sp³-hybridized carbons (Fsp3) is 0.0833. The number of nitrogens with zero attached hydrogens (tertiary/aromatic N) is 4. The third-order valence-electron chi connectivity index (χ3n) is 2.76. The van der Waals surface area contributed by atoms with Crippen LogP contribution < -0.4 is 5.73 Å². The molecule has 2 N–H and O–H groups in total. The minimum atomic E-state index is 0.240. The number of nitrogen functional groups attached to an aromatic ring is 1. The summed E-state index contributed by atoms with van der Waals surface area (Å²) < 4.78 is 1.91. The van der Waals surface area contributed by atoms with Gasteiger partial charge in [-0.2, -0.15) is 0 Å². The third kappa shape index (κ3) is 1.60. The van der Waals surface area contributed by atoms with E-state index in [0.29, 0.717) is 5.02 Å². The molecular weight excluding hydrogens is 250 g/mol. The molecule has 3 heterocycles. The van der Waals surface area contributed by atoms with Gasteiger partial charge in [0.2, 0.25) is 5.95 Å². The molecule has 0 bridgehead atoms. The number of pyridine rings is 1. The molecule has 6 heteroatoms. The van der Waals surface area contributed by atoms with Crippen LogP contribution >= 0.6 is 11.6 Å². The van der Waals surface area contributed by atoms with Gasteiger partial charge in [0.25, 0.3) is 0 Å². The minimum absolute atomic E-state index is 0.240. The SMILES string of the molecule is Cn1cc(-c2ccnc(N)n2)c2c(Cl)ccnc21. The van der Waals surface area contributed by atoms with Crippen molar-refractivity contribution < 1.29 is 0 Å². The number of hydrogen-bond acceptors (Lipinski definition) is 4. The van der Waals surface area contributed by atoms with Gasteiger partial charge >= 0.3 is 0 Å². The Balaban J connectivity index is 2.36. The van der Waals surface area contributed by atoms with Gasteiger partial charge in [-0.15, -0.1) is 0 Å². The van der Waals surface area contributed by atoms with Gasteiger partial charge in [0.15, 0.2) is 0 Å². The predicted octanol–water partition coefficient (Wildman–Crippen LogP) is 2.27. The van der Waals surface area contributed by atoms with Crippen LogP contribution in [0, 0.1) is 0 Å². The van der Waals surface area contributed by atoms with Crippen molar-refractivity contribution in [2.45, 2.75) is 0 Å². The highest BCUT2D eigenvalue weighted by Gasteiger charge is 2.13. The van der Waals surface area contributed by atoms with Gasteiger partial charge in [0.05, 0.1) is 10.7 Å². The molecule has 90 valence electrons. The van der Waals surface area contributed by atoms with Crippen molar-refractivity contribution in [2.24, 2.45) is 7.05 Å². The topological polar surface area (TPSA) is 69.6 Å². The monoisotopic (exact) mass is 259 g/mol. The largest absolute Gasteiger partial charge is 0.368 e. The van der Waals surface area contributed by atoms with Crippen LogP contribution in [0.2, 0.25) is 5.02 Å². The molecule has 18 heavy (non-hydrogen) atoms. The fourth-order valence-electron chi connectivity index (χ4n) is 1.98. The highest BCUT2D eigenvalue weighted by molar-refractivity contribution is 6.36. The van der Waals surface area contributed by atoms with E-state index < -0.39 is 0 Å². The first-order chi connectivity index (χ1) is 8.66. The van der Waals surface area contributed by atoms with Gasteiger partial charge < -0.3 is 10.3 Å². The molecule has 0 saturated heterocycles. The maximum Gasteiger partial charge on any atom is 0.220 e. The van der Waals surface area contributed by atoms with E-state index in [2.05, 4.69) is 15.0 Å². The maximum atomic E-state index is 6.24. The molecule has 0 saturated carbocycles. The van der Waals surface area contributed by atoms with E-state index in [1.54, 1.807) is 24.5 Å². The molecule has 0 spiro atoms. The summed E-state index contributed by atoms with van der Waals surface area (Å²) in [7, 11) is 1.92. The molecule has 0 aliphatic heterocycles. The third-order valence-corrected chi connectivity index (χ3v) is 3.07. The van der Waals surface area contributed by atoms with Crippen molar-refractivity contribution >= 4 is 28.6 Å². The van der Waals surface area contributed by atoms with Crippen LogP contribution in [0.25, 0.3) is 22.3 Å². The summed E-state index contributed by atoms with van der Waals surface area (Å²) in [4.78, 5) is 12.4. The van der Waals surface area contributed by atoms with E-state index in [0.717, 1.165) is 22.3 Å². The molecular formula is C12H10ClN5. The van der Waals surface area contributed by atoms with Crippen molar-refractivity contribution in [3.8, 4) is 11.3 Å². The Kier molecular flexibility index (Phi) is 2.41. The van der Waals surface area contributed by atoms with Gasteiger partial charge in [-0.05, 0) is 12.1 Å². The van der Waals surface area contributed by atoms with Gasteiger partial charge in [-0.1, -0.05) is 11.6 Å². The van der Waals surface area contributed by atoms with Crippen molar-refractivity contribution in [2.75, 3.05) is 5.73 Å². The Labute approximate surface area is 108 Å². The van der Waals surface area contributed by atoms with E-state index >= 15 is 0 Å². The highest BCUT2D eigenvalue weighted by Crippen LogP contribution is 2.32. The first-order valence-corrected chi connectivity index (χ1v) is 5.73. The number of fused-ring (bicyclic) bond motifs is 1. The van der Waals surface area contributed by atoms with Crippen LogP contribution in [-0.2, 0) is 7.05 Å². The van der Waals surface area contributed by atoms with Crippen molar-refractivity contribution in [3.63, 3.8) is 0 Å². The molecule has 0 aliphatic carbocycles. The number of rotatable bonds is 1. The average molecular weight is 260 g/mol. The zero-order valence-electron chi connectivity index (χ0n) is 9.63. The summed E-state index contributed by atoms with van der Waals surface area (Å²) in [6.45, 7) is 0. The zero-order chi connectivity index (χ0) is 12.7. The fourth-order valence-corrected chi connectivity index (χ4v) is 2.22. The quantitative estimate of drug-likeness (QED) is 0.728. The lowest BCUT2D eigenvalue weighted by atomic mass is 10.1. The summed E-state index contributed by atoms with van der Waals surface area (Å²) in [6.07, 6.45) is 5.24. The lowest BCUT2D eigenvalue weighted by molar-refractivity contribution is 0.948. The molecule has 3 aromatic rings. The van der Waals surface area contributed by atoms with Crippen LogP contribution in [0.5, 0.6) is 0 Å². The Morgan fingerprint density at radius 3 is 2.78 bits per heavy atom. The van der Waals surface area contributed by atoms with E-state index in [-0.39, 0.29) is 5.95 Å². The zero-order valence-corrected chi connectivity index (χ0v) is 10.4. The van der Waals surface area contributed by atoms with Crippen LogP contribution in [-0.4, -0.2) is 19.5 Å². The number of aryl methyl sites for hydroxylation is 1. The van der Waals surface area contributed by atoms with Crippen LogP contribution in [0.1, 0.15) is 0 Å². The molecule has 3 rings (SSSR count). The number of hydrogen-bond donors (Lipinski definition) is 1. The smallest absolute Gasteiger partial charge is 0.220 e. The second-order valence-corrected chi connectivity index (χ2v) is 4.35. The summed E-state index contributed by atoms with van der Waals surface area (Å²) in [5.41, 5.74) is 8.06. The summed E-state index contributed by atoms with van der Waals surface area (Å²) in [5.74, 6) is 0.240. The average Bonchev–Trinajstić information content (AvgIpc) is 2.69. The first kappa shape index (κ1) is 11.0. The van der Waals surface area contributed by atoms with Gasteiger partial charge in [-0.25, -0.2) is 15.0 Å².